The number of amides is 1. The molecule has 0 aromatic heterocycles. The van der Waals surface area contributed by atoms with E-state index in [1.807, 2.05) is 0 Å². The summed E-state index contributed by atoms with van der Waals surface area (Å²) in [6, 6.07) is 3.87. The van der Waals surface area contributed by atoms with E-state index >= 15 is 0 Å². The molecule has 0 aliphatic rings. The SMILES string of the molecule is CNC(=O)COC(=O)c1ccc(NC)c([N+](=O)[O-])c1. The highest BCUT2D eigenvalue weighted by Crippen LogP contribution is 2.25. The number of esters is 1. The molecule has 0 heterocycles. The van der Waals surface area contributed by atoms with Crippen molar-refractivity contribution in [3.8, 4) is 0 Å². The Hall–Kier alpha value is -2.64. The normalized spacial score (nSPS) is 9.58. The number of nitrogens with one attached hydrogen (secondary N) is 2. The molecule has 1 aromatic rings. The van der Waals surface area contributed by atoms with Gasteiger partial charge in [0.25, 0.3) is 11.6 Å². The Morgan fingerprint density at radius 3 is 2.58 bits per heavy atom. The monoisotopic (exact) mass is 267 g/mol. The second-order valence-electron chi connectivity index (χ2n) is 3.49. The van der Waals surface area contributed by atoms with Crippen molar-refractivity contribution < 1.29 is 19.2 Å². The van der Waals surface area contributed by atoms with Gasteiger partial charge in [0.2, 0.25) is 0 Å². The molecule has 2 N–H and O–H groups in total. The Morgan fingerprint density at radius 1 is 1.37 bits per heavy atom. The summed E-state index contributed by atoms with van der Waals surface area (Å²) in [4.78, 5) is 32.7. The summed E-state index contributed by atoms with van der Waals surface area (Å²) < 4.78 is 4.70. The highest BCUT2D eigenvalue weighted by atomic mass is 16.6. The summed E-state index contributed by atoms with van der Waals surface area (Å²) >= 11 is 0. The molecular weight excluding hydrogens is 254 g/mol. The minimum absolute atomic E-state index is 0.00889. The van der Waals surface area contributed by atoms with E-state index in [0.717, 1.165) is 6.07 Å². The smallest absolute Gasteiger partial charge is 0.338 e. The molecule has 19 heavy (non-hydrogen) atoms. The molecule has 0 aliphatic carbocycles. The number of anilines is 1. The number of rotatable bonds is 5. The van der Waals surface area contributed by atoms with Crippen LogP contribution in [0.4, 0.5) is 11.4 Å². The average molecular weight is 267 g/mol. The summed E-state index contributed by atoms with van der Waals surface area (Å²) in [6.07, 6.45) is 0. The van der Waals surface area contributed by atoms with Crippen molar-refractivity contribution in [1.82, 2.24) is 5.32 Å². The number of benzene rings is 1. The fourth-order valence-electron chi connectivity index (χ4n) is 1.31. The maximum Gasteiger partial charge on any atom is 0.338 e. The molecule has 8 nitrogen and oxygen atoms in total. The lowest BCUT2D eigenvalue weighted by atomic mass is 10.1. The van der Waals surface area contributed by atoms with Crippen LogP contribution in [0.5, 0.6) is 0 Å². The Kier molecular flexibility index (Phi) is 4.81. The quantitative estimate of drug-likeness (QED) is 0.457. The van der Waals surface area contributed by atoms with E-state index in [-0.39, 0.29) is 16.9 Å². The van der Waals surface area contributed by atoms with Crippen molar-refractivity contribution in [1.29, 1.82) is 0 Å². The van der Waals surface area contributed by atoms with E-state index in [1.165, 1.54) is 26.2 Å². The van der Waals surface area contributed by atoms with E-state index in [0.29, 0.717) is 0 Å². The van der Waals surface area contributed by atoms with Gasteiger partial charge in [-0.25, -0.2) is 4.79 Å². The van der Waals surface area contributed by atoms with Crippen LogP contribution < -0.4 is 10.6 Å². The third-order valence-electron chi connectivity index (χ3n) is 2.31. The number of likely N-dealkylation sites (N-methyl/N-ethyl adjacent to an activating group) is 1. The third-order valence-corrected chi connectivity index (χ3v) is 2.31. The number of nitrogens with zero attached hydrogens (tertiary/aromatic N) is 1. The van der Waals surface area contributed by atoms with Crippen LogP contribution in [0.2, 0.25) is 0 Å². The van der Waals surface area contributed by atoms with Crippen molar-refractivity contribution >= 4 is 23.3 Å². The first kappa shape index (κ1) is 14.4. The van der Waals surface area contributed by atoms with Crippen LogP contribution in [0.15, 0.2) is 18.2 Å². The number of ether oxygens (including phenoxy) is 1. The molecule has 0 spiro atoms. The summed E-state index contributed by atoms with van der Waals surface area (Å²) in [5, 5.41) is 15.7. The molecule has 0 atom stereocenters. The average Bonchev–Trinajstić information content (AvgIpc) is 2.43. The molecule has 1 aromatic carbocycles. The fourth-order valence-corrected chi connectivity index (χ4v) is 1.31. The zero-order chi connectivity index (χ0) is 14.4. The van der Waals surface area contributed by atoms with Crippen LogP contribution in [-0.4, -0.2) is 37.5 Å². The van der Waals surface area contributed by atoms with Gasteiger partial charge in [0.05, 0.1) is 10.5 Å². The maximum absolute atomic E-state index is 11.6. The number of carbonyl (C=O) groups is 2. The predicted octanol–water partition coefficient (Wildman–Crippen LogP) is 0.539. The number of nitro groups is 1. The number of hydrogen-bond donors (Lipinski definition) is 2. The summed E-state index contributed by atoms with van der Waals surface area (Å²) in [7, 11) is 2.94. The van der Waals surface area contributed by atoms with Crippen molar-refractivity contribution in [3.05, 3.63) is 33.9 Å². The molecule has 102 valence electrons. The molecular formula is C11H13N3O5. The fraction of sp³-hybridized carbons (Fsp3) is 0.273. The van der Waals surface area contributed by atoms with Gasteiger partial charge in [0.1, 0.15) is 5.69 Å². The van der Waals surface area contributed by atoms with Crippen LogP contribution in [-0.2, 0) is 9.53 Å². The van der Waals surface area contributed by atoms with Crippen LogP contribution >= 0.6 is 0 Å². The second-order valence-corrected chi connectivity index (χ2v) is 3.49. The first-order chi connectivity index (χ1) is 8.99. The first-order valence-corrected chi connectivity index (χ1v) is 5.33. The molecule has 0 saturated carbocycles. The minimum Gasteiger partial charge on any atom is -0.452 e. The van der Waals surface area contributed by atoms with E-state index < -0.39 is 23.4 Å². The second kappa shape index (κ2) is 6.34. The van der Waals surface area contributed by atoms with Crippen molar-refractivity contribution in [3.63, 3.8) is 0 Å². The van der Waals surface area contributed by atoms with Gasteiger partial charge < -0.3 is 15.4 Å². The van der Waals surface area contributed by atoms with Crippen molar-refractivity contribution in [2.75, 3.05) is 26.0 Å². The lowest BCUT2D eigenvalue weighted by Gasteiger charge is -2.06. The Bertz CT molecular complexity index is 515. The summed E-state index contributed by atoms with van der Waals surface area (Å²) in [5.41, 5.74) is 0.0550. The van der Waals surface area contributed by atoms with Crippen LogP contribution in [0.1, 0.15) is 10.4 Å². The van der Waals surface area contributed by atoms with Crippen LogP contribution in [0.3, 0.4) is 0 Å². The molecule has 1 rings (SSSR count). The zero-order valence-corrected chi connectivity index (χ0v) is 10.4. The summed E-state index contributed by atoms with van der Waals surface area (Å²) in [6.45, 7) is -0.434. The molecule has 0 radical (unpaired) electrons. The van der Waals surface area contributed by atoms with Gasteiger partial charge in [-0.2, -0.15) is 0 Å². The molecule has 1 amide bonds. The summed E-state index contributed by atoms with van der Waals surface area (Å²) in [5.74, 6) is -1.26. The molecule has 0 fully saturated rings. The van der Waals surface area contributed by atoms with Crippen molar-refractivity contribution in [2.45, 2.75) is 0 Å². The number of nitro benzene ring substituents is 1. The number of hydrogen-bond acceptors (Lipinski definition) is 6. The van der Waals surface area contributed by atoms with Crippen molar-refractivity contribution in [2.24, 2.45) is 0 Å². The maximum atomic E-state index is 11.6. The Labute approximate surface area is 108 Å². The van der Waals surface area contributed by atoms with Gasteiger partial charge in [0.15, 0.2) is 6.61 Å². The molecule has 0 bridgehead atoms. The molecule has 0 unspecified atom stereocenters. The molecule has 8 heteroatoms. The topological polar surface area (TPSA) is 111 Å². The first-order valence-electron chi connectivity index (χ1n) is 5.33. The van der Waals surface area contributed by atoms with E-state index in [4.69, 9.17) is 4.74 Å². The molecule has 0 aliphatic heterocycles. The van der Waals surface area contributed by atoms with Gasteiger partial charge in [0, 0.05) is 20.2 Å². The predicted molar refractivity (Wildman–Crippen MR) is 67.0 cm³/mol. The number of carbonyl (C=O) groups excluding carboxylic acids is 2. The van der Waals surface area contributed by atoms with Crippen LogP contribution in [0.25, 0.3) is 0 Å². The van der Waals surface area contributed by atoms with E-state index in [2.05, 4.69) is 10.6 Å². The lowest BCUT2D eigenvalue weighted by Crippen LogP contribution is -2.25. The lowest BCUT2D eigenvalue weighted by molar-refractivity contribution is -0.384. The van der Waals surface area contributed by atoms with Gasteiger partial charge in [-0.05, 0) is 12.1 Å². The van der Waals surface area contributed by atoms with E-state index in [1.54, 1.807) is 0 Å². The van der Waals surface area contributed by atoms with Gasteiger partial charge >= 0.3 is 5.97 Å². The standard InChI is InChI=1S/C11H13N3O5/c1-12-8-4-3-7(5-9(8)14(17)18)11(16)19-6-10(15)13-2/h3-5,12H,6H2,1-2H3,(H,13,15). The largest absolute Gasteiger partial charge is 0.452 e. The Balaban J connectivity index is 2.89. The zero-order valence-electron chi connectivity index (χ0n) is 10.4. The van der Waals surface area contributed by atoms with Gasteiger partial charge in [-0.3, -0.25) is 14.9 Å². The van der Waals surface area contributed by atoms with Gasteiger partial charge in [-0.1, -0.05) is 0 Å². The Morgan fingerprint density at radius 2 is 2.05 bits per heavy atom. The highest BCUT2D eigenvalue weighted by molar-refractivity contribution is 5.92. The van der Waals surface area contributed by atoms with Crippen LogP contribution in [0, 0.1) is 10.1 Å². The molecule has 0 saturated heterocycles. The third kappa shape index (κ3) is 3.66. The van der Waals surface area contributed by atoms with E-state index in [9.17, 15) is 19.7 Å². The van der Waals surface area contributed by atoms with Gasteiger partial charge in [-0.15, -0.1) is 0 Å². The minimum atomic E-state index is -0.797. The highest BCUT2D eigenvalue weighted by Gasteiger charge is 2.18.